The van der Waals surface area contributed by atoms with Gasteiger partial charge in [0.25, 0.3) is 11.1 Å². The number of nitriles is 1. The summed E-state index contributed by atoms with van der Waals surface area (Å²) in [6.07, 6.45) is 2.37. The van der Waals surface area contributed by atoms with Crippen molar-refractivity contribution in [3.63, 3.8) is 0 Å². The molecule has 3 aromatic heterocycles. The largest absolute Gasteiger partial charge is 0.349 e. The molecule has 0 unspecified atom stereocenters. The second kappa shape index (κ2) is 8.77. The summed E-state index contributed by atoms with van der Waals surface area (Å²) in [7, 11) is -3.10. The summed E-state index contributed by atoms with van der Waals surface area (Å²) in [5.41, 5.74) is -0.817. The molecule has 36 heavy (non-hydrogen) atoms. The molecule has 0 atom stereocenters. The average molecular weight is 547 g/mol. The smallest absolute Gasteiger partial charge is 0.312 e. The van der Waals surface area contributed by atoms with Crippen LogP contribution in [0.3, 0.4) is 0 Å². The highest BCUT2D eigenvalue weighted by molar-refractivity contribution is 7.91. The Morgan fingerprint density at radius 2 is 1.69 bits per heavy atom. The Morgan fingerprint density at radius 3 is 2.33 bits per heavy atom. The molecule has 0 bridgehead atoms. The summed E-state index contributed by atoms with van der Waals surface area (Å²) in [6, 6.07) is 8.93. The molecule has 1 fully saturated rings. The van der Waals surface area contributed by atoms with E-state index in [1.165, 1.54) is 18.2 Å². The summed E-state index contributed by atoms with van der Waals surface area (Å²) in [5.74, 6) is 0.0397. The van der Waals surface area contributed by atoms with E-state index in [1.807, 2.05) is 4.98 Å². The minimum atomic E-state index is -3.10. The summed E-state index contributed by atoms with van der Waals surface area (Å²) in [6.45, 7) is 0. The number of pyridine rings is 1. The first-order chi connectivity index (χ1) is 17.1. The van der Waals surface area contributed by atoms with Gasteiger partial charge in [0.2, 0.25) is 5.69 Å². The highest BCUT2D eigenvalue weighted by Crippen LogP contribution is 2.35. The maximum atomic E-state index is 12.7. The third kappa shape index (κ3) is 4.05. The number of hydrogen-bond donors (Lipinski definition) is 1. The lowest BCUT2D eigenvalue weighted by atomic mass is 10.1. The molecule has 14 heteroatoms. The maximum Gasteiger partial charge on any atom is 0.349 e. The molecule has 1 aliphatic heterocycles. The zero-order valence-corrected chi connectivity index (χ0v) is 20.6. The molecule has 184 valence electrons. The highest BCUT2D eigenvalue weighted by Gasteiger charge is 2.27. The molecule has 0 spiro atoms. The van der Waals surface area contributed by atoms with E-state index in [0.717, 1.165) is 4.68 Å². The second-order valence-corrected chi connectivity index (χ2v) is 11.4. The maximum absolute atomic E-state index is 12.7. The van der Waals surface area contributed by atoms with E-state index >= 15 is 0 Å². The van der Waals surface area contributed by atoms with Crippen LogP contribution >= 0.6 is 23.2 Å². The number of nitrogens with one attached hydrogen (secondary N) is 1. The molecule has 5 rings (SSSR count). The fourth-order valence-corrected chi connectivity index (χ4v) is 6.54. The number of sulfone groups is 1. The Hall–Kier alpha value is -3.66. The molecule has 11 nitrogen and oxygen atoms in total. The predicted molar refractivity (Wildman–Crippen MR) is 133 cm³/mol. The first-order valence-electron chi connectivity index (χ1n) is 10.7. The Morgan fingerprint density at radius 1 is 1.03 bits per heavy atom. The molecule has 0 radical (unpaired) electrons. The van der Waals surface area contributed by atoms with Gasteiger partial charge in [0, 0.05) is 18.3 Å². The molecular weight excluding hydrogens is 531 g/mol. The molecular formula is C22H16Cl2N6O5S. The van der Waals surface area contributed by atoms with Gasteiger partial charge in [0.05, 0.1) is 44.0 Å². The number of rotatable bonds is 3. The van der Waals surface area contributed by atoms with Crippen LogP contribution in [0, 0.1) is 11.3 Å². The van der Waals surface area contributed by atoms with Crippen LogP contribution in [0.15, 0.2) is 50.9 Å². The Labute approximate surface area is 212 Å². The summed E-state index contributed by atoms with van der Waals surface area (Å²) in [4.78, 5) is 38.7. The van der Waals surface area contributed by atoms with Crippen LogP contribution in [-0.4, -0.2) is 43.8 Å². The molecule has 1 aromatic carbocycles. The van der Waals surface area contributed by atoms with Crippen molar-refractivity contribution < 1.29 is 8.42 Å². The van der Waals surface area contributed by atoms with E-state index < -0.39 is 26.8 Å². The SMILES string of the molecule is N#Cc1nn(-c2cc(Cl)c(-n3ccc4c3ccc(=O)n4C3CCS(=O)(=O)CC3)c(Cl)c2)c(=O)[nH]c1=O. The van der Waals surface area contributed by atoms with Crippen LogP contribution in [0.1, 0.15) is 24.6 Å². The van der Waals surface area contributed by atoms with Gasteiger partial charge >= 0.3 is 5.69 Å². The van der Waals surface area contributed by atoms with Gasteiger partial charge < -0.3 is 9.13 Å². The van der Waals surface area contributed by atoms with E-state index in [4.69, 9.17) is 28.5 Å². The van der Waals surface area contributed by atoms with Crippen LogP contribution in [0.4, 0.5) is 0 Å². The van der Waals surface area contributed by atoms with Gasteiger partial charge in [-0.3, -0.25) is 14.6 Å². The monoisotopic (exact) mass is 546 g/mol. The lowest BCUT2D eigenvalue weighted by Crippen LogP contribution is -2.33. The highest BCUT2D eigenvalue weighted by atomic mass is 35.5. The summed E-state index contributed by atoms with van der Waals surface area (Å²) in [5, 5.41) is 13.1. The molecule has 1 saturated heterocycles. The van der Waals surface area contributed by atoms with Gasteiger partial charge in [-0.2, -0.15) is 9.94 Å². The first kappa shape index (κ1) is 24.1. The van der Waals surface area contributed by atoms with Gasteiger partial charge in [-0.15, -0.1) is 5.10 Å². The lowest BCUT2D eigenvalue weighted by Gasteiger charge is -2.25. The third-order valence-corrected chi connectivity index (χ3v) is 8.39. The van der Waals surface area contributed by atoms with Crippen molar-refractivity contribution in [1.29, 1.82) is 5.26 Å². The fourth-order valence-electron chi connectivity index (χ4n) is 4.41. The number of benzene rings is 1. The van der Waals surface area contributed by atoms with Gasteiger partial charge in [-0.1, -0.05) is 23.2 Å². The summed E-state index contributed by atoms with van der Waals surface area (Å²) < 4.78 is 27.8. The minimum absolute atomic E-state index is 0.0198. The Kier molecular flexibility index (Phi) is 5.86. The van der Waals surface area contributed by atoms with Crippen LogP contribution in [-0.2, 0) is 9.84 Å². The standard InChI is InChI=1S/C22H16Cl2N6O5S/c23-14-9-13(30-22(33)26-21(32)16(11-25)27-30)10-15(24)20(14)28-6-3-18-17(28)1-2-19(31)29(18)12-4-7-36(34,35)8-5-12/h1-3,6,9-10,12H,4-5,7-8H2,(H,26,32,33). The number of halogens is 2. The van der Waals surface area contributed by atoms with Gasteiger partial charge in [-0.25, -0.2) is 13.2 Å². The molecule has 0 amide bonds. The van der Waals surface area contributed by atoms with Crippen molar-refractivity contribution in [2.75, 3.05) is 11.5 Å². The van der Waals surface area contributed by atoms with Crippen LogP contribution in [0.25, 0.3) is 22.4 Å². The number of fused-ring (bicyclic) bond motifs is 1. The van der Waals surface area contributed by atoms with Crippen molar-refractivity contribution in [3.05, 3.63) is 83.5 Å². The molecule has 1 aliphatic rings. The van der Waals surface area contributed by atoms with Gasteiger partial charge in [-0.05, 0) is 37.1 Å². The zero-order valence-electron chi connectivity index (χ0n) is 18.3. The van der Waals surface area contributed by atoms with E-state index in [1.54, 1.807) is 33.5 Å². The summed E-state index contributed by atoms with van der Waals surface area (Å²) >= 11 is 13.1. The third-order valence-electron chi connectivity index (χ3n) is 6.09. The Balaban J connectivity index is 1.63. The van der Waals surface area contributed by atoms with Gasteiger partial charge in [0.15, 0.2) is 0 Å². The fraction of sp³-hybridized carbons (Fsp3) is 0.227. The minimum Gasteiger partial charge on any atom is -0.312 e. The van der Waals surface area contributed by atoms with Crippen molar-refractivity contribution in [2.24, 2.45) is 0 Å². The van der Waals surface area contributed by atoms with Crippen molar-refractivity contribution in [2.45, 2.75) is 18.9 Å². The van der Waals surface area contributed by atoms with Crippen molar-refractivity contribution in [1.82, 2.24) is 23.9 Å². The quantitative estimate of drug-likeness (QED) is 0.412. The van der Waals surface area contributed by atoms with E-state index in [2.05, 4.69) is 5.10 Å². The normalized spacial score (nSPS) is 15.7. The Bertz CT molecular complexity index is 1840. The number of H-pyrrole nitrogens is 1. The van der Waals surface area contributed by atoms with E-state index in [0.29, 0.717) is 29.6 Å². The number of aromatic nitrogens is 5. The van der Waals surface area contributed by atoms with Gasteiger partial charge in [0.1, 0.15) is 15.9 Å². The molecule has 0 aliphatic carbocycles. The van der Waals surface area contributed by atoms with Crippen LogP contribution in [0.5, 0.6) is 0 Å². The first-order valence-corrected chi connectivity index (χ1v) is 13.2. The molecule has 1 N–H and O–H groups in total. The predicted octanol–water partition coefficient (Wildman–Crippen LogP) is 1.95. The number of nitrogens with zero attached hydrogens (tertiary/aromatic N) is 5. The number of aromatic amines is 1. The molecule has 4 heterocycles. The second-order valence-electron chi connectivity index (χ2n) is 8.27. The lowest BCUT2D eigenvalue weighted by molar-refractivity contribution is 0.451. The van der Waals surface area contributed by atoms with Crippen LogP contribution in [0.2, 0.25) is 10.0 Å². The van der Waals surface area contributed by atoms with Crippen molar-refractivity contribution >= 4 is 44.1 Å². The molecule has 0 saturated carbocycles. The van der Waals surface area contributed by atoms with Crippen LogP contribution < -0.4 is 16.8 Å². The van der Waals surface area contributed by atoms with Crippen molar-refractivity contribution in [3.8, 4) is 17.4 Å². The van der Waals surface area contributed by atoms with E-state index in [-0.39, 0.29) is 38.8 Å². The number of hydrogen-bond acceptors (Lipinski definition) is 7. The van der Waals surface area contributed by atoms with E-state index in [9.17, 15) is 22.8 Å². The average Bonchev–Trinajstić information content (AvgIpc) is 3.22. The molecule has 4 aromatic rings. The zero-order chi connectivity index (χ0) is 25.8. The topological polar surface area (TPSA) is 153 Å².